The number of imidazole rings is 1. The van der Waals surface area contributed by atoms with Gasteiger partial charge in [-0.25, -0.2) is 19.3 Å². The molecule has 1 amide bonds. The fourth-order valence-electron chi connectivity index (χ4n) is 3.22. The van der Waals surface area contributed by atoms with Crippen LogP contribution in [0.2, 0.25) is 0 Å². The molecule has 0 atom stereocenters. The van der Waals surface area contributed by atoms with Gasteiger partial charge in [0, 0.05) is 0 Å². The molecule has 0 spiro atoms. The van der Waals surface area contributed by atoms with E-state index in [4.69, 9.17) is 5.73 Å². The summed E-state index contributed by atoms with van der Waals surface area (Å²) in [6.07, 6.45) is 0. The maximum absolute atomic E-state index is 12.8. The first-order valence-electron chi connectivity index (χ1n) is 9.15. The molecule has 8 heteroatoms. The number of amides is 1. The Hall–Kier alpha value is -3.26. The zero-order chi connectivity index (χ0) is 20.9. The lowest BCUT2D eigenvalue weighted by Gasteiger charge is -2.19. The predicted octanol–water partition coefficient (Wildman–Crippen LogP) is 3.54. The molecule has 0 radical (unpaired) electrons. The number of hydrogen-bond donors (Lipinski definition) is 2. The Morgan fingerprint density at radius 3 is 2.38 bits per heavy atom. The highest BCUT2D eigenvalue weighted by Gasteiger charge is 2.21. The number of primary amides is 1. The average Bonchev–Trinajstić information content (AvgIpc) is 3.22. The minimum absolute atomic E-state index is 0.0000355. The molecule has 0 aliphatic carbocycles. The van der Waals surface area contributed by atoms with Gasteiger partial charge in [-0.15, -0.1) is 11.3 Å². The number of hydrogen-bond acceptors (Lipinski definition) is 5. The Kier molecular flexibility index (Phi) is 4.38. The highest BCUT2D eigenvalue weighted by atomic mass is 32.1. The molecule has 29 heavy (non-hydrogen) atoms. The van der Waals surface area contributed by atoms with Crippen molar-refractivity contribution in [2.75, 3.05) is 0 Å². The number of aryl methyl sites for hydroxylation is 1. The fourth-order valence-corrected chi connectivity index (χ4v) is 4.08. The number of benzene rings is 1. The summed E-state index contributed by atoms with van der Waals surface area (Å²) in [6.45, 7) is 8.32. The van der Waals surface area contributed by atoms with E-state index >= 15 is 0 Å². The van der Waals surface area contributed by atoms with E-state index in [1.807, 2.05) is 42.6 Å². The molecular weight excluding hydrogens is 386 g/mol. The number of H-pyrrole nitrogens is 1. The topological polar surface area (TPSA) is 107 Å². The highest BCUT2D eigenvalue weighted by molar-refractivity contribution is 7.13. The van der Waals surface area contributed by atoms with Gasteiger partial charge in [-0.2, -0.15) is 0 Å². The molecule has 0 saturated heterocycles. The van der Waals surface area contributed by atoms with Gasteiger partial charge in [-0.05, 0) is 47.0 Å². The van der Waals surface area contributed by atoms with Crippen LogP contribution >= 0.6 is 11.3 Å². The van der Waals surface area contributed by atoms with Crippen LogP contribution in [0.1, 0.15) is 42.4 Å². The number of nitrogens with one attached hydrogen (secondary N) is 1. The number of carbonyl (C=O) groups excluding carboxylic acids is 1. The Morgan fingerprint density at radius 1 is 1.14 bits per heavy atom. The molecule has 4 aromatic rings. The van der Waals surface area contributed by atoms with Gasteiger partial charge in [0.25, 0.3) is 5.91 Å². The quantitative estimate of drug-likeness (QED) is 0.542. The number of carbonyl (C=O) groups is 1. The van der Waals surface area contributed by atoms with Gasteiger partial charge >= 0.3 is 5.69 Å². The van der Waals surface area contributed by atoms with Crippen LogP contribution in [0.25, 0.3) is 27.6 Å². The molecule has 0 fully saturated rings. The van der Waals surface area contributed by atoms with Crippen molar-refractivity contribution in [3.63, 3.8) is 0 Å². The van der Waals surface area contributed by atoms with Crippen molar-refractivity contribution in [2.24, 2.45) is 5.73 Å². The third-order valence-corrected chi connectivity index (χ3v) is 5.84. The maximum Gasteiger partial charge on any atom is 0.332 e. The summed E-state index contributed by atoms with van der Waals surface area (Å²) in [5, 5.41) is 1.93. The number of aromatic amines is 1. The predicted molar refractivity (Wildman–Crippen MR) is 115 cm³/mol. The van der Waals surface area contributed by atoms with Crippen molar-refractivity contribution in [1.82, 2.24) is 19.5 Å². The summed E-state index contributed by atoms with van der Waals surface area (Å²) >= 11 is 1.47. The summed E-state index contributed by atoms with van der Waals surface area (Å²) in [7, 11) is 0. The monoisotopic (exact) mass is 407 g/mol. The largest absolute Gasteiger partial charge is 0.364 e. The number of rotatable bonds is 3. The summed E-state index contributed by atoms with van der Waals surface area (Å²) in [4.78, 5) is 37.3. The lowest BCUT2D eigenvalue weighted by molar-refractivity contribution is 0.0997. The van der Waals surface area contributed by atoms with Crippen LogP contribution in [0, 0.1) is 6.92 Å². The second kappa shape index (κ2) is 6.66. The molecule has 3 heterocycles. The zero-order valence-corrected chi connectivity index (χ0v) is 17.4. The smallest absolute Gasteiger partial charge is 0.332 e. The van der Waals surface area contributed by atoms with Crippen molar-refractivity contribution >= 4 is 28.4 Å². The minimum Gasteiger partial charge on any atom is -0.364 e. The highest BCUT2D eigenvalue weighted by Crippen LogP contribution is 2.29. The molecule has 0 aliphatic heterocycles. The maximum atomic E-state index is 12.8. The van der Waals surface area contributed by atoms with Gasteiger partial charge in [-0.1, -0.05) is 32.9 Å². The van der Waals surface area contributed by atoms with Gasteiger partial charge in [0.2, 0.25) is 0 Å². The molecule has 0 unspecified atom stereocenters. The molecule has 7 nitrogen and oxygen atoms in total. The molecule has 0 aliphatic rings. The summed E-state index contributed by atoms with van der Waals surface area (Å²) < 4.78 is 1.45. The van der Waals surface area contributed by atoms with E-state index in [1.54, 1.807) is 0 Å². The Bertz CT molecular complexity index is 1290. The Balaban J connectivity index is 1.99. The number of nitrogens with zero attached hydrogens (tertiary/aromatic N) is 3. The van der Waals surface area contributed by atoms with Crippen LogP contribution in [-0.4, -0.2) is 25.4 Å². The van der Waals surface area contributed by atoms with Crippen molar-refractivity contribution in [3.8, 4) is 16.4 Å². The molecule has 148 valence electrons. The van der Waals surface area contributed by atoms with E-state index in [2.05, 4.69) is 35.7 Å². The summed E-state index contributed by atoms with van der Waals surface area (Å²) in [5.41, 5.74) is 8.49. The van der Waals surface area contributed by atoms with Crippen molar-refractivity contribution in [1.29, 1.82) is 0 Å². The number of aromatic nitrogens is 4. The van der Waals surface area contributed by atoms with E-state index in [0.717, 1.165) is 16.0 Å². The van der Waals surface area contributed by atoms with Crippen LogP contribution in [0.3, 0.4) is 0 Å². The summed E-state index contributed by atoms with van der Waals surface area (Å²) in [5.74, 6) is -0.345. The minimum atomic E-state index is -0.718. The number of nitrogens with two attached hydrogens (primary N) is 1. The second-order valence-corrected chi connectivity index (χ2v) is 8.87. The van der Waals surface area contributed by atoms with E-state index in [9.17, 15) is 9.59 Å². The number of thiophene rings is 1. The third-order valence-electron chi connectivity index (χ3n) is 4.83. The summed E-state index contributed by atoms with van der Waals surface area (Å²) in [6, 6.07) is 9.67. The van der Waals surface area contributed by atoms with Gasteiger partial charge in [0.05, 0.1) is 10.6 Å². The standard InChI is InChI=1S/C21H21N5O2S/c1-11-9-10-29-16(11)18-23-14(17(22)27)15-19(25-18)26(20(28)24-15)13-7-5-12(6-8-13)21(2,3)4/h5-10H,1-4H3,(H2,22,27)(H,24,28). The number of fused-ring (bicyclic) bond motifs is 1. The lowest BCUT2D eigenvalue weighted by atomic mass is 9.87. The molecule has 1 aromatic carbocycles. The van der Waals surface area contributed by atoms with Gasteiger partial charge in [-0.3, -0.25) is 4.79 Å². The van der Waals surface area contributed by atoms with Gasteiger partial charge in [0.15, 0.2) is 17.2 Å². The van der Waals surface area contributed by atoms with Crippen LogP contribution in [0.15, 0.2) is 40.5 Å². The average molecular weight is 407 g/mol. The Labute approximate surface area is 171 Å². The van der Waals surface area contributed by atoms with Crippen LogP contribution in [0.4, 0.5) is 0 Å². The van der Waals surface area contributed by atoms with Crippen molar-refractivity contribution in [3.05, 3.63) is 63.0 Å². The van der Waals surface area contributed by atoms with Gasteiger partial charge < -0.3 is 10.7 Å². The van der Waals surface area contributed by atoms with Crippen molar-refractivity contribution in [2.45, 2.75) is 33.1 Å². The zero-order valence-electron chi connectivity index (χ0n) is 16.6. The van der Waals surface area contributed by atoms with E-state index in [1.165, 1.54) is 15.9 Å². The molecule has 3 N–H and O–H groups in total. The van der Waals surface area contributed by atoms with Crippen LogP contribution < -0.4 is 11.4 Å². The molecule has 0 bridgehead atoms. The first-order valence-corrected chi connectivity index (χ1v) is 10.0. The fraction of sp³-hybridized carbons (Fsp3) is 0.238. The first-order chi connectivity index (χ1) is 13.7. The van der Waals surface area contributed by atoms with Crippen LogP contribution in [0.5, 0.6) is 0 Å². The lowest BCUT2D eigenvalue weighted by Crippen LogP contribution is -2.16. The molecule has 0 saturated carbocycles. The van der Waals surface area contributed by atoms with Gasteiger partial charge in [0.1, 0.15) is 5.52 Å². The first kappa shape index (κ1) is 19.1. The second-order valence-electron chi connectivity index (χ2n) is 7.95. The van der Waals surface area contributed by atoms with E-state index in [-0.39, 0.29) is 16.6 Å². The van der Waals surface area contributed by atoms with Crippen molar-refractivity contribution < 1.29 is 4.79 Å². The van der Waals surface area contributed by atoms with Crippen LogP contribution in [-0.2, 0) is 5.41 Å². The molecule has 3 aromatic heterocycles. The molecular formula is C21H21N5O2S. The SMILES string of the molecule is Cc1ccsc1-c1nc(C(N)=O)c2[nH]c(=O)n(-c3ccc(C(C)(C)C)cc3)c2n1. The third kappa shape index (κ3) is 3.25. The normalized spacial score (nSPS) is 11.9. The molecule has 4 rings (SSSR count). The van der Waals surface area contributed by atoms with E-state index < -0.39 is 11.6 Å². The Morgan fingerprint density at radius 2 is 1.83 bits per heavy atom. The van der Waals surface area contributed by atoms with E-state index in [0.29, 0.717) is 17.2 Å².